The lowest BCUT2D eigenvalue weighted by atomic mass is 10.2. The summed E-state index contributed by atoms with van der Waals surface area (Å²) >= 11 is 5.94. The van der Waals surface area contributed by atoms with Crippen LogP contribution in [0.1, 0.15) is 17.0 Å². The normalized spacial score (nSPS) is 10.1. The van der Waals surface area contributed by atoms with Crippen LogP contribution in [-0.2, 0) is 0 Å². The molecule has 1 aromatic heterocycles. The van der Waals surface area contributed by atoms with Gasteiger partial charge < -0.3 is 4.57 Å². The Morgan fingerprint density at radius 3 is 2.69 bits per heavy atom. The predicted octanol–water partition coefficient (Wildman–Crippen LogP) is 3.01. The van der Waals surface area contributed by atoms with Crippen molar-refractivity contribution >= 4 is 11.6 Å². The molecular formula is C12H10ClN3. The van der Waals surface area contributed by atoms with E-state index in [2.05, 4.69) is 11.1 Å². The fourth-order valence-electron chi connectivity index (χ4n) is 1.54. The van der Waals surface area contributed by atoms with Crippen molar-refractivity contribution < 1.29 is 0 Å². The van der Waals surface area contributed by atoms with Crippen molar-refractivity contribution in [3.05, 3.63) is 46.5 Å². The van der Waals surface area contributed by atoms with E-state index in [1.54, 1.807) is 24.5 Å². The van der Waals surface area contributed by atoms with E-state index in [9.17, 15) is 0 Å². The summed E-state index contributed by atoms with van der Waals surface area (Å²) in [7, 11) is 0. The monoisotopic (exact) mass is 231 g/mol. The molecule has 0 spiro atoms. The van der Waals surface area contributed by atoms with Crippen molar-refractivity contribution in [2.24, 2.45) is 0 Å². The first-order valence-corrected chi connectivity index (χ1v) is 5.22. The largest absolute Gasteiger partial charge is 0.302 e. The number of hydrogen-bond acceptors (Lipinski definition) is 2. The molecule has 0 aliphatic heterocycles. The number of nitrogens with zero attached hydrogens (tertiary/aromatic N) is 3. The molecule has 0 atom stereocenters. The smallest absolute Gasteiger partial charge is 0.101 e. The van der Waals surface area contributed by atoms with Crippen LogP contribution in [0.4, 0.5) is 0 Å². The van der Waals surface area contributed by atoms with Gasteiger partial charge >= 0.3 is 0 Å². The summed E-state index contributed by atoms with van der Waals surface area (Å²) in [4.78, 5) is 4.21. The number of benzene rings is 1. The molecule has 0 unspecified atom stereocenters. The lowest BCUT2D eigenvalue weighted by molar-refractivity contribution is 0.996. The molecule has 0 bridgehead atoms. The van der Waals surface area contributed by atoms with Crippen LogP contribution in [0.3, 0.4) is 0 Å². The molecule has 0 aliphatic rings. The summed E-state index contributed by atoms with van der Waals surface area (Å²) in [5.74, 6) is 0. The van der Waals surface area contributed by atoms with E-state index in [1.165, 1.54) is 0 Å². The lowest BCUT2D eigenvalue weighted by Crippen LogP contribution is -1.98. The molecule has 0 saturated heterocycles. The van der Waals surface area contributed by atoms with Gasteiger partial charge in [0.25, 0.3) is 0 Å². The summed E-state index contributed by atoms with van der Waals surface area (Å²) in [5, 5.41) is 9.65. The first kappa shape index (κ1) is 10.7. The highest BCUT2D eigenvalue weighted by Crippen LogP contribution is 2.21. The van der Waals surface area contributed by atoms with E-state index in [0.29, 0.717) is 10.6 Å². The van der Waals surface area contributed by atoms with Gasteiger partial charge in [-0.05, 0) is 32.0 Å². The zero-order valence-corrected chi connectivity index (χ0v) is 9.78. The third-order valence-electron chi connectivity index (χ3n) is 2.59. The Labute approximate surface area is 98.9 Å². The number of hydrogen-bond donors (Lipinski definition) is 0. The van der Waals surface area contributed by atoms with E-state index >= 15 is 0 Å². The topological polar surface area (TPSA) is 41.6 Å². The van der Waals surface area contributed by atoms with Gasteiger partial charge in [0.15, 0.2) is 0 Å². The van der Waals surface area contributed by atoms with Gasteiger partial charge in [-0.25, -0.2) is 4.98 Å². The molecular weight excluding hydrogens is 222 g/mol. The Hall–Kier alpha value is -1.79. The molecule has 2 rings (SSSR count). The summed E-state index contributed by atoms with van der Waals surface area (Å²) in [5.41, 5.74) is 3.32. The second-order valence-corrected chi connectivity index (χ2v) is 4.00. The summed E-state index contributed by atoms with van der Waals surface area (Å²) < 4.78 is 1.87. The van der Waals surface area contributed by atoms with Gasteiger partial charge in [-0.15, -0.1) is 0 Å². The molecule has 0 saturated carbocycles. The highest BCUT2D eigenvalue weighted by molar-refractivity contribution is 6.30. The van der Waals surface area contributed by atoms with Crippen LogP contribution in [-0.4, -0.2) is 9.55 Å². The van der Waals surface area contributed by atoms with Crippen LogP contribution in [0, 0.1) is 25.2 Å². The number of aromatic nitrogens is 2. The Morgan fingerprint density at radius 2 is 2.12 bits per heavy atom. The van der Waals surface area contributed by atoms with E-state index in [4.69, 9.17) is 16.9 Å². The van der Waals surface area contributed by atoms with Crippen LogP contribution < -0.4 is 0 Å². The average Bonchev–Trinajstić information content (AvgIpc) is 2.60. The lowest BCUT2D eigenvalue weighted by Gasteiger charge is -2.07. The van der Waals surface area contributed by atoms with Gasteiger partial charge in [0.05, 0.1) is 23.3 Å². The van der Waals surface area contributed by atoms with Crippen molar-refractivity contribution in [3.8, 4) is 11.8 Å². The molecule has 0 amide bonds. The first-order chi connectivity index (χ1) is 7.63. The Morgan fingerprint density at radius 1 is 1.38 bits per heavy atom. The number of nitriles is 1. The van der Waals surface area contributed by atoms with Crippen molar-refractivity contribution in [1.82, 2.24) is 9.55 Å². The van der Waals surface area contributed by atoms with Crippen LogP contribution in [0.2, 0.25) is 5.02 Å². The van der Waals surface area contributed by atoms with Gasteiger partial charge in [-0.3, -0.25) is 0 Å². The highest BCUT2D eigenvalue weighted by atomic mass is 35.5. The molecule has 0 aliphatic carbocycles. The Balaban J connectivity index is 2.68. The fraction of sp³-hybridized carbons (Fsp3) is 0.167. The van der Waals surface area contributed by atoms with Crippen LogP contribution in [0.15, 0.2) is 24.5 Å². The molecule has 0 radical (unpaired) electrons. The van der Waals surface area contributed by atoms with Crippen molar-refractivity contribution in [2.75, 3.05) is 0 Å². The molecule has 16 heavy (non-hydrogen) atoms. The van der Waals surface area contributed by atoms with Crippen molar-refractivity contribution in [1.29, 1.82) is 5.26 Å². The van der Waals surface area contributed by atoms with Gasteiger partial charge in [-0.1, -0.05) is 11.6 Å². The average molecular weight is 232 g/mol. The van der Waals surface area contributed by atoms with Gasteiger partial charge in [0, 0.05) is 10.7 Å². The summed E-state index contributed by atoms with van der Waals surface area (Å²) in [6.07, 6.45) is 1.71. The molecule has 4 heteroatoms. The Bertz CT molecular complexity index is 578. The van der Waals surface area contributed by atoms with E-state index in [0.717, 1.165) is 17.1 Å². The molecule has 1 heterocycles. The molecule has 0 fully saturated rings. The SMILES string of the molecule is Cc1ncn(-c2cc(Cl)ccc2C#N)c1C. The summed E-state index contributed by atoms with van der Waals surface area (Å²) in [6.45, 7) is 3.90. The minimum Gasteiger partial charge on any atom is -0.302 e. The standard InChI is InChI=1S/C12H10ClN3/c1-8-9(2)16(7-15-8)12-5-11(13)4-3-10(12)6-14/h3-5,7H,1-2H3. The maximum absolute atomic E-state index is 9.04. The Kier molecular flexibility index (Phi) is 2.67. The molecule has 0 N–H and O–H groups in total. The van der Waals surface area contributed by atoms with Gasteiger partial charge in [-0.2, -0.15) is 5.26 Å². The zero-order chi connectivity index (χ0) is 11.7. The molecule has 3 nitrogen and oxygen atoms in total. The highest BCUT2D eigenvalue weighted by Gasteiger charge is 2.09. The fourth-order valence-corrected chi connectivity index (χ4v) is 1.71. The molecule has 1 aromatic carbocycles. The van der Waals surface area contributed by atoms with Gasteiger partial charge in [0.2, 0.25) is 0 Å². The van der Waals surface area contributed by atoms with E-state index in [-0.39, 0.29) is 0 Å². The minimum atomic E-state index is 0.588. The molecule has 2 aromatic rings. The van der Waals surface area contributed by atoms with Crippen LogP contribution in [0.25, 0.3) is 5.69 Å². The first-order valence-electron chi connectivity index (χ1n) is 4.84. The summed E-state index contributed by atoms with van der Waals surface area (Å²) in [6, 6.07) is 7.35. The second-order valence-electron chi connectivity index (χ2n) is 3.56. The number of aryl methyl sites for hydroxylation is 1. The second kappa shape index (κ2) is 3.99. The minimum absolute atomic E-state index is 0.588. The van der Waals surface area contributed by atoms with Crippen molar-refractivity contribution in [2.45, 2.75) is 13.8 Å². The molecule has 80 valence electrons. The third-order valence-corrected chi connectivity index (χ3v) is 2.83. The zero-order valence-electron chi connectivity index (χ0n) is 9.03. The van der Waals surface area contributed by atoms with Gasteiger partial charge in [0.1, 0.15) is 6.07 Å². The van der Waals surface area contributed by atoms with E-state index < -0.39 is 0 Å². The van der Waals surface area contributed by atoms with Crippen LogP contribution >= 0.6 is 11.6 Å². The third kappa shape index (κ3) is 1.68. The number of halogens is 1. The van der Waals surface area contributed by atoms with Crippen LogP contribution in [0.5, 0.6) is 0 Å². The quantitative estimate of drug-likeness (QED) is 0.757. The maximum atomic E-state index is 9.04. The maximum Gasteiger partial charge on any atom is 0.101 e. The number of imidazole rings is 1. The predicted molar refractivity (Wildman–Crippen MR) is 62.8 cm³/mol. The van der Waals surface area contributed by atoms with E-state index in [1.807, 2.05) is 18.4 Å². The number of rotatable bonds is 1. The van der Waals surface area contributed by atoms with Crippen molar-refractivity contribution in [3.63, 3.8) is 0 Å².